The minimum absolute atomic E-state index is 0.00694. The quantitative estimate of drug-likeness (QED) is 0.379. The number of hydrogen-bond donors (Lipinski definition) is 1. The van der Waals surface area contributed by atoms with E-state index < -0.39 is 21.4 Å². The van der Waals surface area contributed by atoms with E-state index in [-0.39, 0.29) is 17.0 Å². The minimum Gasteiger partial charge on any atom is -0.306 e. The van der Waals surface area contributed by atoms with Crippen molar-refractivity contribution >= 4 is 23.1 Å². The second-order valence-corrected chi connectivity index (χ2v) is 5.33. The van der Waals surface area contributed by atoms with Gasteiger partial charge in [0.2, 0.25) is 0 Å². The normalized spacial score (nSPS) is 18.1. The van der Waals surface area contributed by atoms with Crippen LogP contribution in [-0.4, -0.2) is 25.7 Å². The molecule has 1 atom stereocenters. The maximum Gasteiger partial charge on any atom is 0.279 e. The lowest BCUT2D eigenvalue weighted by atomic mass is 9.96. The molecule has 96 valence electrons. The van der Waals surface area contributed by atoms with Crippen LogP contribution in [0, 0.1) is 10.1 Å². The van der Waals surface area contributed by atoms with E-state index in [4.69, 9.17) is 4.55 Å². The predicted octanol–water partition coefficient (Wildman–Crippen LogP) is 1.66. The highest BCUT2D eigenvalue weighted by Crippen LogP contribution is 2.49. The zero-order valence-electron chi connectivity index (χ0n) is 9.37. The Morgan fingerprint density at radius 1 is 1.50 bits per heavy atom. The molecule has 0 bridgehead atoms. The lowest BCUT2D eigenvalue weighted by Crippen LogP contribution is -2.16. The van der Waals surface area contributed by atoms with E-state index in [9.17, 15) is 19.1 Å². The fourth-order valence-electron chi connectivity index (χ4n) is 2.05. The Bertz CT molecular complexity index is 538. The standard InChI is InChI=1S/C11H11NO5S/c13-6-8-5-9(1-2-10(8)12(14)15)11(3-4-11)7-18(16)17/h1-2,5-6H,3-4,7H2,(H,16,17). The molecule has 0 spiro atoms. The third kappa shape index (κ3) is 2.32. The molecule has 1 aliphatic carbocycles. The first-order valence-electron chi connectivity index (χ1n) is 5.30. The molecule has 1 aromatic rings. The highest BCUT2D eigenvalue weighted by Gasteiger charge is 2.46. The third-order valence-electron chi connectivity index (χ3n) is 3.22. The average molecular weight is 269 g/mol. The summed E-state index contributed by atoms with van der Waals surface area (Å²) in [7, 11) is 0. The van der Waals surface area contributed by atoms with Crippen molar-refractivity contribution in [1.29, 1.82) is 0 Å². The van der Waals surface area contributed by atoms with Crippen molar-refractivity contribution in [1.82, 2.24) is 0 Å². The minimum atomic E-state index is -1.92. The smallest absolute Gasteiger partial charge is 0.279 e. The molecule has 0 aliphatic heterocycles. The molecule has 1 N–H and O–H groups in total. The van der Waals surface area contributed by atoms with Crippen LogP contribution in [0.4, 0.5) is 5.69 Å². The molecule has 1 saturated carbocycles. The Labute approximate surface area is 105 Å². The summed E-state index contributed by atoms with van der Waals surface area (Å²) in [5.74, 6) is 0.100. The number of benzene rings is 1. The van der Waals surface area contributed by atoms with E-state index in [1.165, 1.54) is 12.1 Å². The van der Waals surface area contributed by atoms with E-state index in [1.54, 1.807) is 6.07 Å². The van der Waals surface area contributed by atoms with Crippen LogP contribution >= 0.6 is 0 Å². The summed E-state index contributed by atoms with van der Waals surface area (Å²) in [4.78, 5) is 20.9. The van der Waals surface area contributed by atoms with E-state index in [0.717, 1.165) is 18.4 Å². The number of rotatable bonds is 5. The highest BCUT2D eigenvalue weighted by atomic mass is 32.2. The molecule has 0 heterocycles. The summed E-state index contributed by atoms with van der Waals surface area (Å²) in [6, 6.07) is 4.29. The monoisotopic (exact) mass is 269 g/mol. The first kappa shape index (κ1) is 12.8. The van der Waals surface area contributed by atoms with Gasteiger partial charge in [-0.1, -0.05) is 6.07 Å². The number of carbonyl (C=O) groups excluding carboxylic acids is 1. The van der Waals surface area contributed by atoms with Gasteiger partial charge in [0.25, 0.3) is 5.69 Å². The van der Waals surface area contributed by atoms with Gasteiger partial charge < -0.3 is 4.55 Å². The zero-order valence-corrected chi connectivity index (χ0v) is 10.2. The van der Waals surface area contributed by atoms with Crippen molar-refractivity contribution in [3.05, 3.63) is 39.4 Å². The molecule has 1 aliphatic rings. The van der Waals surface area contributed by atoms with Gasteiger partial charge in [-0.25, -0.2) is 4.21 Å². The molecule has 6 nitrogen and oxygen atoms in total. The molecular formula is C11H11NO5S. The van der Waals surface area contributed by atoms with Crippen LogP contribution in [0.3, 0.4) is 0 Å². The van der Waals surface area contributed by atoms with Gasteiger partial charge in [0.05, 0.1) is 16.2 Å². The summed E-state index contributed by atoms with van der Waals surface area (Å²) >= 11 is -1.92. The fourth-order valence-corrected chi connectivity index (χ4v) is 2.98. The first-order chi connectivity index (χ1) is 8.48. The molecule has 1 fully saturated rings. The lowest BCUT2D eigenvalue weighted by Gasteiger charge is -2.13. The highest BCUT2D eigenvalue weighted by molar-refractivity contribution is 7.79. The molecule has 1 aromatic carbocycles. The van der Waals surface area contributed by atoms with Crippen molar-refractivity contribution in [2.24, 2.45) is 0 Å². The number of hydrogen-bond acceptors (Lipinski definition) is 4. The average Bonchev–Trinajstić information content (AvgIpc) is 3.08. The topological polar surface area (TPSA) is 97.5 Å². The second kappa shape index (κ2) is 4.58. The van der Waals surface area contributed by atoms with Gasteiger partial charge in [-0.15, -0.1) is 0 Å². The fraction of sp³-hybridized carbons (Fsp3) is 0.364. The SMILES string of the molecule is O=Cc1cc(C2(CS(=O)O)CC2)ccc1[N+](=O)[O-]. The Morgan fingerprint density at radius 2 is 2.17 bits per heavy atom. The van der Waals surface area contributed by atoms with Crippen LogP contribution in [0.5, 0.6) is 0 Å². The van der Waals surface area contributed by atoms with Crippen LogP contribution in [0.1, 0.15) is 28.8 Å². The van der Waals surface area contributed by atoms with Gasteiger partial charge in [-0.3, -0.25) is 14.9 Å². The van der Waals surface area contributed by atoms with E-state index >= 15 is 0 Å². The molecular weight excluding hydrogens is 258 g/mol. The molecule has 18 heavy (non-hydrogen) atoms. The van der Waals surface area contributed by atoms with Crippen molar-refractivity contribution in [3.63, 3.8) is 0 Å². The molecule has 1 unspecified atom stereocenters. The Morgan fingerprint density at radius 3 is 2.61 bits per heavy atom. The van der Waals surface area contributed by atoms with E-state index in [2.05, 4.69) is 0 Å². The summed E-state index contributed by atoms with van der Waals surface area (Å²) in [5.41, 5.74) is 0.0896. The number of nitrogens with zero attached hydrogens (tertiary/aromatic N) is 1. The molecule has 0 saturated heterocycles. The maximum absolute atomic E-state index is 10.9. The maximum atomic E-state index is 10.9. The van der Waals surface area contributed by atoms with Gasteiger partial charge in [-0.2, -0.15) is 0 Å². The predicted molar refractivity (Wildman–Crippen MR) is 65.0 cm³/mol. The van der Waals surface area contributed by atoms with E-state index in [1.807, 2.05) is 0 Å². The van der Waals surface area contributed by atoms with Gasteiger partial charge in [0.15, 0.2) is 17.4 Å². The first-order valence-corrected chi connectivity index (χ1v) is 6.58. The lowest BCUT2D eigenvalue weighted by molar-refractivity contribution is -0.385. The molecule has 0 aromatic heterocycles. The molecule has 0 amide bonds. The summed E-state index contributed by atoms with van der Waals surface area (Å²) < 4.78 is 19.8. The van der Waals surface area contributed by atoms with Crippen LogP contribution < -0.4 is 0 Å². The number of nitro benzene ring substituents is 1. The summed E-state index contributed by atoms with van der Waals surface area (Å²) in [6.45, 7) is 0. The second-order valence-electron chi connectivity index (χ2n) is 4.39. The Balaban J connectivity index is 2.39. The van der Waals surface area contributed by atoms with Crippen molar-refractivity contribution < 1.29 is 18.5 Å². The third-order valence-corrected chi connectivity index (χ3v) is 4.02. The van der Waals surface area contributed by atoms with Gasteiger partial charge >= 0.3 is 0 Å². The Hall–Kier alpha value is -1.60. The van der Waals surface area contributed by atoms with Gasteiger partial charge in [0, 0.05) is 11.5 Å². The van der Waals surface area contributed by atoms with Crippen LogP contribution in [0.15, 0.2) is 18.2 Å². The van der Waals surface area contributed by atoms with Crippen molar-refractivity contribution in [3.8, 4) is 0 Å². The summed E-state index contributed by atoms with van der Waals surface area (Å²) in [5, 5.41) is 10.7. The van der Waals surface area contributed by atoms with Gasteiger partial charge in [-0.05, 0) is 24.5 Å². The number of nitro groups is 1. The van der Waals surface area contributed by atoms with Crippen molar-refractivity contribution in [2.75, 3.05) is 5.75 Å². The van der Waals surface area contributed by atoms with Crippen molar-refractivity contribution in [2.45, 2.75) is 18.3 Å². The Kier molecular flexibility index (Phi) is 3.27. The van der Waals surface area contributed by atoms with Crippen LogP contribution in [-0.2, 0) is 16.5 Å². The number of aldehydes is 1. The zero-order chi connectivity index (χ0) is 13.3. The van der Waals surface area contributed by atoms with Crippen LogP contribution in [0.25, 0.3) is 0 Å². The summed E-state index contributed by atoms with van der Waals surface area (Å²) in [6.07, 6.45) is 1.96. The molecule has 0 radical (unpaired) electrons. The van der Waals surface area contributed by atoms with E-state index in [0.29, 0.717) is 6.29 Å². The molecule has 2 rings (SSSR count). The van der Waals surface area contributed by atoms with Crippen LogP contribution in [0.2, 0.25) is 0 Å². The largest absolute Gasteiger partial charge is 0.306 e. The number of carbonyl (C=O) groups is 1. The van der Waals surface area contributed by atoms with Gasteiger partial charge in [0.1, 0.15) is 0 Å². The molecule has 7 heteroatoms.